The average Bonchev–Trinajstić information content (AvgIpc) is 2.90. The fraction of sp³-hybridized carbons (Fsp3) is 0.824. The highest BCUT2D eigenvalue weighted by atomic mass is 32.1. The van der Waals surface area contributed by atoms with Gasteiger partial charge in [-0.15, -0.1) is 11.3 Å². The highest BCUT2D eigenvalue weighted by Gasteiger charge is 2.38. The highest BCUT2D eigenvalue weighted by Crippen LogP contribution is 2.41. The van der Waals surface area contributed by atoms with Crippen LogP contribution < -0.4 is 5.32 Å². The van der Waals surface area contributed by atoms with Crippen molar-refractivity contribution in [3.8, 4) is 0 Å². The van der Waals surface area contributed by atoms with Gasteiger partial charge in [0.15, 0.2) is 0 Å². The Kier molecular flexibility index (Phi) is 6.20. The number of thiazole rings is 1. The first kappa shape index (κ1) is 16.9. The Morgan fingerprint density at radius 1 is 1.33 bits per heavy atom. The summed E-state index contributed by atoms with van der Waals surface area (Å²) in [4.78, 5) is 6.35. The molecule has 1 unspecified atom stereocenters. The van der Waals surface area contributed by atoms with Crippen molar-refractivity contribution in [1.29, 1.82) is 0 Å². The second kappa shape index (κ2) is 7.70. The van der Waals surface area contributed by atoms with E-state index in [4.69, 9.17) is 9.72 Å². The zero-order chi connectivity index (χ0) is 15.3. The summed E-state index contributed by atoms with van der Waals surface area (Å²) in [5.74, 6) is 0.693. The van der Waals surface area contributed by atoms with Gasteiger partial charge in [-0.1, -0.05) is 26.2 Å². The number of nitrogens with zero attached hydrogens (tertiary/aromatic N) is 1. The summed E-state index contributed by atoms with van der Waals surface area (Å²) >= 11 is 1.88. The van der Waals surface area contributed by atoms with Gasteiger partial charge in [0.05, 0.1) is 17.8 Å². The first-order chi connectivity index (χ1) is 10.1. The average molecular weight is 311 g/mol. The van der Waals surface area contributed by atoms with E-state index in [0.29, 0.717) is 5.92 Å². The summed E-state index contributed by atoms with van der Waals surface area (Å²) in [5.41, 5.74) is 1.27. The zero-order valence-corrected chi connectivity index (χ0v) is 14.8. The van der Waals surface area contributed by atoms with Crippen molar-refractivity contribution in [2.75, 3.05) is 20.3 Å². The number of aryl methyl sites for hydroxylation is 2. The van der Waals surface area contributed by atoms with Crippen molar-refractivity contribution in [2.24, 2.45) is 5.92 Å². The van der Waals surface area contributed by atoms with Crippen LogP contribution >= 0.6 is 11.3 Å². The second-order valence-electron chi connectivity index (χ2n) is 6.33. The topological polar surface area (TPSA) is 34.2 Å². The quantitative estimate of drug-likeness (QED) is 0.772. The Bertz CT molecular complexity index is 440. The maximum Gasteiger partial charge on any atom is 0.113 e. The van der Waals surface area contributed by atoms with Crippen LogP contribution in [-0.4, -0.2) is 25.2 Å². The normalized spacial score (nSPS) is 19.6. The molecule has 2 rings (SSSR count). The molecule has 0 radical (unpaired) electrons. The third kappa shape index (κ3) is 3.85. The second-order valence-corrected chi connectivity index (χ2v) is 7.54. The Hall–Kier alpha value is -0.450. The van der Waals surface area contributed by atoms with Gasteiger partial charge in [-0.2, -0.15) is 0 Å². The Morgan fingerprint density at radius 3 is 2.62 bits per heavy atom. The van der Waals surface area contributed by atoms with Gasteiger partial charge in [0.2, 0.25) is 0 Å². The predicted molar refractivity (Wildman–Crippen MR) is 90.0 cm³/mol. The van der Waals surface area contributed by atoms with Crippen LogP contribution in [0.1, 0.15) is 61.5 Å². The summed E-state index contributed by atoms with van der Waals surface area (Å²) < 4.78 is 5.23. The van der Waals surface area contributed by atoms with Crippen LogP contribution in [0.2, 0.25) is 0 Å². The van der Waals surface area contributed by atoms with Crippen LogP contribution in [0, 0.1) is 12.8 Å². The van der Waals surface area contributed by atoms with E-state index in [2.05, 4.69) is 26.1 Å². The van der Waals surface area contributed by atoms with Gasteiger partial charge in [-0.25, -0.2) is 4.98 Å². The van der Waals surface area contributed by atoms with Gasteiger partial charge in [-0.05, 0) is 39.0 Å². The minimum atomic E-state index is 0.00178. The molecule has 0 aliphatic heterocycles. The summed E-state index contributed by atoms with van der Waals surface area (Å²) in [6.07, 6.45) is 7.77. The molecule has 0 spiro atoms. The van der Waals surface area contributed by atoms with Crippen molar-refractivity contribution < 1.29 is 4.74 Å². The van der Waals surface area contributed by atoms with E-state index >= 15 is 0 Å². The molecule has 1 fully saturated rings. The lowest BCUT2D eigenvalue weighted by Crippen LogP contribution is -2.48. The molecule has 120 valence electrons. The van der Waals surface area contributed by atoms with Crippen LogP contribution in [-0.2, 0) is 16.7 Å². The third-order valence-electron chi connectivity index (χ3n) is 4.89. The molecule has 1 aromatic rings. The van der Waals surface area contributed by atoms with E-state index in [-0.39, 0.29) is 5.54 Å². The highest BCUT2D eigenvalue weighted by molar-refractivity contribution is 7.11. The van der Waals surface area contributed by atoms with Crippen LogP contribution in [0.4, 0.5) is 0 Å². The summed E-state index contributed by atoms with van der Waals surface area (Å²) in [5, 5.41) is 5.05. The molecule has 1 atom stereocenters. The number of aromatic nitrogens is 1. The molecule has 0 amide bonds. The molecule has 4 heteroatoms. The zero-order valence-electron chi connectivity index (χ0n) is 14.0. The fourth-order valence-corrected chi connectivity index (χ4v) is 4.67. The van der Waals surface area contributed by atoms with Crippen molar-refractivity contribution in [1.82, 2.24) is 10.3 Å². The van der Waals surface area contributed by atoms with Crippen LogP contribution in [0.15, 0.2) is 0 Å². The molecule has 21 heavy (non-hydrogen) atoms. The number of ether oxygens (including phenoxy) is 1. The molecular formula is C17H30N2OS. The molecule has 0 saturated heterocycles. The lowest BCUT2D eigenvalue weighted by atomic mass is 9.76. The smallest absolute Gasteiger partial charge is 0.113 e. The maximum absolute atomic E-state index is 5.23. The Morgan fingerprint density at radius 2 is 2.05 bits per heavy atom. The van der Waals surface area contributed by atoms with Gasteiger partial charge >= 0.3 is 0 Å². The lowest BCUT2D eigenvalue weighted by Gasteiger charge is -2.39. The van der Waals surface area contributed by atoms with E-state index in [1.165, 1.54) is 47.7 Å². The molecule has 0 bridgehead atoms. The van der Waals surface area contributed by atoms with E-state index in [1.54, 1.807) is 7.11 Å². The van der Waals surface area contributed by atoms with Gasteiger partial charge in [0, 0.05) is 18.5 Å². The molecular weight excluding hydrogens is 280 g/mol. The van der Waals surface area contributed by atoms with Gasteiger partial charge in [0.25, 0.3) is 0 Å². The molecule has 1 aliphatic rings. The minimum Gasteiger partial charge on any atom is -0.383 e. The summed E-state index contributed by atoms with van der Waals surface area (Å²) in [7, 11) is 1.77. The molecule has 0 aromatic carbocycles. The largest absolute Gasteiger partial charge is 0.383 e. The van der Waals surface area contributed by atoms with E-state index < -0.39 is 0 Å². The fourth-order valence-electron chi connectivity index (χ4n) is 3.47. The number of nitrogens with one attached hydrogen (secondary N) is 1. The number of methoxy groups -OCH3 is 1. The standard InChI is InChI=1S/C17H30N2OS/c1-5-15-13(2)21-16(19-15)17(3,18-11-12-20-4)14-9-7-6-8-10-14/h14,18H,5-12H2,1-4H3. The first-order valence-corrected chi connectivity index (χ1v) is 9.14. The van der Waals surface area contributed by atoms with Gasteiger partial charge in [0.1, 0.15) is 5.01 Å². The molecule has 1 aromatic heterocycles. The monoisotopic (exact) mass is 310 g/mol. The van der Waals surface area contributed by atoms with Gasteiger partial charge < -0.3 is 10.1 Å². The Balaban J connectivity index is 2.24. The molecule has 3 nitrogen and oxygen atoms in total. The van der Waals surface area contributed by atoms with Crippen LogP contribution in [0.3, 0.4) is 0 Å². The van der Waals surface area contributed by atoms with E-state index in [1.807, 2.05) is 11.3 Å². The van der Waals surface area contributed by atoms with Crippen molar-refractivity contribution in [3.05, 3.63) is 15.6 Å². The number of rotatable bonds is 7. The summed E-state index contributed by atoms with van der Waals surface area (Å²) in [6.45, 7) is 8.41. The molecule has 1 N–H and O–H groups in total. The minimum absolute atomic E-state index is 0.00178. The van der Waals surface area contributed by atoms with Gasteiger partial charge in [-0.3, -0.25) is 0 Å². The number of hydrogen-bond acceptors (Lipinski definition) is 4. The van der Waals surface area contributed by atoms with Crippen LogP contribution in [0.5, 0.6) is 0 Å². The predicted octanol–water partition coefficient (Wildman–Crippen LogP) is 4.05. The molecule has 1 aliphatic carbocycles. The van der Waals surface area contributed by atoms with Crippen LogP contribution in [0.25, 0.3) is 0 Å². The SMILES string of the molecule is CCc1nc(C(C)(NCCOC)C2CCCCC2)sc1C. The summed E-state index contributed by atoms with van der Waals surface area (Å²) in [6, 6.07) is 0. The third-order valence-corrected chi connectivity index (χ3v) is 6.14. The molecule has 1 heterocycles. The maximum atomic E-state index is 5.23. The Labute approximate surface area is 133 Å². The van der Waals surface area contributed by atoms with E-state index in [9.17, 15) is 0 Å². The number of hydrogen-bond donors (Lipinski definition) is 1. The lowest BCUT2D eigenvalue weighted by molar-refractivity contribution is 0.145. The van der Waals surface area contributed by atoms with E-state index in [0.717, 1.165) is 19.6 Å². The first-order valence-electron chi connectivity index (χ1n) is 8.32. The van der Waals surface area contributed by atoms with Crippen molar-refractivity contribution in [2.45, 2.75) is 64.8 Å². The van der Waals surface area contributed by atoms with Crippen molar-refractivity contribution in [3.63, 3.8) is 0 Å². The van der Waals surface area contributed by atoms with Crippen molar-refractivity contribution >= 4 is 11.3 Å². The molecule has 1 saturated carbocycles.